The zero-order valence-corrected chi connectivity index (χ0v) is 16.5. The molecule has 0 atom stereocenters. The molecule has 0 aromatic heterocycles. The van der Waals surface area contributed by atoms with Crippen molar-refractivity contribution >= 4 is 28.8 Å². The van der Waals surface area contributed by atoms with Crippen LogP contribution in [-0.2, 0) is 9.59 Å². The molecule has 0 saturated carbocycles. The number of carbonyl (C=O) groups excluding carboxylic acids is 2. The first-order valence-corrected chi connectivity index (χ1v) is 9.34. The van der Waals surface area contributed by atoms with Crippen molar-refractivity contribution < 1.29 is 18.7 Å². The standard InChI is InChI=1S/C24H19FN2O3/c1-15-6-8-16(9-7-15)21-22(26-18-4-3-5-20(14-18)30-2)24(29)27(23(21)28)19-12-10-17(25)11-13-19/h3-14,26H,1-2H3. The maximum atomic E-state index is 13.4. The molecular formula is C24H19FN2O3. The smallest absolute Gasteiger partial charge is 0.282 e. The van der Waals surface area contributed by atoms with E-state index < -0.39 is 17.6 Å². The van der Waals surface area contributed by atoms with E-state index in [0.29, 0.717) is 22.7 Å². The number of anilines is 2. The third kappa shape index (κ3) is 3.55. The van der Waals surface area contributed by atoms with Crippen LogP contribution >= 0.6 is 0 Å². The van der Waals surface area contributed by atoms with Gasteiger partial charge in [0.15, 0.2) is 0 Å². The molecule has 0 spiro atoms. The van der Waals surface area contributed by atoms with Crippen molar-refractivity contribution in [2.75, 3.05) is 17.3 Å². The summed E-state index contributed by atoms with van der Waals surface area (Å²) in [6.07, 6.45) is 0. The maximum absolute atomic E-state index is 13.4. The molecule has 0 radical (unpaired) electrons. The highest BCUT2D eigenvalue weighted by Gasteiger charge is 2.40. The molecule has 150 valence electrons. The van der Waals surface area contributed by atoms with Crippen LogP contribution in [-0.4, -0.2) is 18.9 Å². The Morgan fingerprint density at radius 3 is 2.27 bits per heavy atom. The molecule has 0 aliphatic carbocycles. The van der Waals surface area contributed by atoms with Gasteiger partial charge in [-0.1, -0.05) is 35.9 Å². The van der Waals surface area contributed by atoms with Gasteiger partial charge in [-0.05, 0) is 48.9 Å². The molecule has 2 amide bonds. The number of hydrogen-bond donors (Lipinski definition) is 1. The van der Waals surface area contributed by atoms with Crippen LogP contribution in [0.2, 0.25) is 0 Å². The minimum absolute atomic E-state index is 0.154. The van der Waals surface area contributed by atoms with E-state index in [1.54, 1.807) is 43.5 Å². The van der Waals surface area contributed by atoms with Gasteiger partial charge in [0, 0.05) is 11.8 Å². The molecule has 30 heavy (non-hydrogen) atoms. The van der Waals surface area contributed by atoms with Crippen molar-refractivity contribution in [1.82, 2.24) is 0 Å². The van der Waals surface area contributed by atoms with Crippen LogP contribution in [0.5, 0.6) is 5.75 Å². The number of nitrogens with one attached hydrogen (secondary N) is 1. The first-order valence-electron chi connectivity index (χ1n) is 9.34. The lowest BCUT2D eigenvalue weighted by Crippen LogP contribution is -2.32. The molecule has 1 aliphatic rings. The molecule has 6 heteroatoms. The average molecular weight is 402 g/mol. The van der Waals surface area contributed by atoms with E-state index >= 15 is 0 Å². The molecule has 1 heterocycles. The van der Waals surface area contributed by atoms with Crippen LogP contribution in [0, 0.1) is 12.7 Å². The van der Waals surface area contributed by atoms with Gasteiger partial charge >= 0.3 is 0 Å². The number of nitrogens with zero attached hydrogens (tertiary/aromatic N) is 1. The fourth-order valence-corrected chi connectivity index (χ4v) is 3.30. The van der Waals surface area contributed by atoms with E-state index in [9.17, 15) is 14.0 Å². The number of halogens is 1. The molecule has 3 aromatic carbocycles. The average Bonchev–Trinajstić information content (AvgIpc) is 2.99. The number of aryl methyl sites for hydroxylation is 1. The van der Waals surface area contributed by atoms with Crippen LogP contribution in [0.4, 0.5) is 15.8 Å². The van der Waals surface area contributed by atoms with Crippen molar-refractivity contribution in [2.45, 2.75) is 6.92 Å². The quantitative estimate of drug-likeness (QED) is 0.637. The predicted molar refractivity (Wildman–Crippen MR) is 114 cm³/mol. The molecule has 0 saturated heterocycles. The van der Waals surface area contributed by atoms with Crippen molar-refractivity contribution in [3.05, 3.63) is 95.4 Å². The number of imide groups is 1. The van der Waals surface area contributed by atoms with E-state index in [-0.39, 0.29) is 11.3 Å². The lowest BCUT2D eigenvalue weighted by Gasteiger charge is -2.15. The molecule has 5 nitrogen and oxygen atoms in total. The summed E-state index contributed by atoms with van der Waals surface area (Å²) in [7, 11) is 1.55. The lowest BCUT2D eigenvalue weighted by molar-refractivity contribution is -0.120. The largest absolute Gasteiger partial charge is 0.497 e. The van der Waals surface area contributed by atoms with E-state index in [1.165, 1.54) is 24.3 Å². The molecule has 3 aromatic rings. The lowest BCUT2D eigenvalue weighted by atomic mass is 10.0. The highest BCUT2D eigenvalue weighted by atomic mass is 19.1. The van der Waals surface area contributed by atoms with Crippen molar-refractivity contribution in [2.24, 2.45) is 0 Å². The van der Waals surface area contributed by atoms with Crippen LogP contribution in [0.25, 0.3) is 5.57 Å². The number of hydrogen-bond acceptors (Lipinski definition) is 4. The number of methoxy groups -OCH3 is 1. The Morgan fingerprint density at radius 2 is 1.60 bits per heavy atom. The monoisotopic (exact) mass is 402 g/mol. The van der Waals surface area contributed by atoms with Crippen LogP contribution < -0.4 is 15.0 Å². The van der Waals surface area contributed by atoms with Crippen molar-refractivity contribution in [3.63, 3.8) is 0 Å². The zero-order chi connectivity index (χ0) is 21.3. The first kappa shape index (κ1) is 19.4. The summed E-state index contributed by atoms with van der Waals surface area (Å²) in [5.41, 5.74) is 2.98. The Balaban J connectivity index is 1.81. The van der Waals surface area contributed by atoms with E-state index in [0.717, 1.165) is 10.5 Å². The summed E-state index contributed by atoms with van der Waals surface area (Å²) in [5, 5.41) is 3.08. The van der Waals surface area contributed by atoms with Gasteiger partial charge in [0.2, 0.25) is 0 Å². The van der Waals surface area contributed by atoms with E-state index in [4.69, 9.17) is 4.74 Å². The Hall–Kier alpha value is -3.93. The fraction of sp³-hybridized carbons (Fsp3) is 0.0833. The Labute approximate surface area is 173 Å². The van der Waals surface area contributed by atoms with Crippen LogP contribution in [0.3, 0.4) is 0 Å². The third-order valence-electron chi connectivity index (χ3n) is 4.85. The number of ether oxygens (including phenoxy) is 1. The number of benzene rings is 3. The van der Waals surface area contributed by atoms with Gasteiger partial charge in [-0.2, -0.15) is 0 Å². The molecular weight excluding hydrogens is 383 g/mol. The second-order valence-corrected chi connectivity index (χ2v) is 6.90. The van der Waals surface area contributed by atoms with Gasteiger partial charge in [-0.25, -0.2) is 9.29 Å². The topological polar surface area (TPSA) is 58.6 Å². The van der Waals surface area contributed by atoms with E-state index in [1.807, 2.05) is 19.1 Å². The molecule has 1 aliphatic heterocycles. The summed E-state index contributed by atoms with van der Waals surface area (Å²) in [4.78, 5) is 27.6. The summed E-state index contributed by atoms with van der Waals surface area (Å²) < 4.78 is 18.6. The van der Waals surface area contributed by atoms with Gasteiger partial charge in [-0.3, -0.25) is 9.59 Å². The van der Waals surface area contributed by atoms with Gasteiger partial charge in [0.25, 0.3) is 11.8 Å². The van der Waals surface area contributed by atoms with Gasteiger partial charge in [-0.15, -0.1) is 0 Å². The molecule has 1 N–H and O–H groups in total. The fourth-order valence-electron chi connectivity index (χ4n) is 3.30. The minimum Gasteiger partial charge on any atom is -0.497 e. The summed E-state index contributed by atoms with van der Waals surface area (Å²) in [6, 6.07) is 19.7. The predicted octanol–water partition coefficient (Wildman–Crippen LogP) is 4.54. The van der Waals surface area contributed by atoms with E-state index in [2.05, 4.69) is 5.32 Å². The number of amides is 2. The Morgan fingerprint density at radius 1 is 0.900 bits per heavy atom. The normalized spacial score (nSPS) is 13.8. The minimum atomic E-state index is -0.509. The van der Waals surface area contributed by atoms with Gasteiger partial charge in [0.05, 0.1) is 18.4 Å². The summed E-state index contributed by atoms with van der Waals surface area (Å²) in [6.45, 7) is 1.94. The molecule has 0 unspecified atom stereocenters. The Bertz CT molecular complexity index is 1150. The van der Waals surface area contributed by atoms with Crippen molar-refractivity contribution in [3.8, 4) is 5.75 Å². The highest BCUT2D eigenvalue weighted by Crippen LogP contribution is 2.34. The third-order valence-corrected chi connectivity index (χ3v) is 4.85. The number of rotatable bonds is 5. The summed E-state index contributed by atoms with van der Waals surface area (Å²) >= 11 is 0. The first-order chi connectivity index (χ1) is 14.5. The van der Waals surface area contributed by atoms with Gasteiger partial charge < -0.3 is 10.1 Å². The van der Waals surface area contributed by atoms with Crippen LogP contribution in [0.1, 0.15) is 11.1 Å². The summed E-state index contributed by atoms with van der Waals surface area (Å²) in [5.74, 6) is -0.810. The molecule has 0 bridgehead atoms. The van der Waals surface area contributed by atoms with Gasteiger partial charge in [0.1, 0.15) is 17.3 Å². The SMILES string of the molecule is COc1cccc(NC2=C(c3ccc(C)cc3)C(=O)N(c3ccc(F)cc3)C2=O)c1. The van der Waals surface area contributed by atoms with Crippen molar-refractivity contribution in [1.29, 1.82) is 0 Å². The zero-order valence-electron chi connectivity index (χ0n) is 16.5. The second kappa shape index (κ2) is 7.83. The highest BCUT2D eigenvalue weighted by molar-refractivity contribution is 6.46. The molecule has 0 fully saturated rings. The Kier molecular flexibility index (Phi) is 5.06. The second-order valence-electron chi connectivity index (χ2n) is 6.90. The van der Waals surface area contributed by atoms with Crippen LogP contribution in [0.15, 0.2) is 78.5 Å². The number of carbonyl (C=O) groups is 2. The molecule has 4 rings (SSSR count). The maximum Gasteiger partial charge on any atom is 0.282 e.